The SMILES string of the molecule is COc1ccc2c(c1)c(C(=O)NC(C)(C)C)nc1oc(Cc3ccccc3)c(-c3ccc(C(F)(F)F)cc3)c12. The molecule has 2 aromatic heterocycles. The van der Waals surface area contributed by atoms with E-state index in [-0.39, 0.29) is 17.3 Å². The smallest absolute Gasteiger partial charge is 0.416 e. The molecule has 0 saturated carbocycles. The second-order valence-corrected chi connectivity index (χ2v) is 10.4. The van der Waals surface area contributed by atoms with Gasteiger partial charge in [-0.05, 0) is 67.6 Å². The first-order valence-electron chi connectivity index (χ1n) is 12.4. The molecule has 0 radical (unpaired) electrons. The Morgan fingerprint density at radius 1 is 0.949 bits per heavy atom. The molecule has 1 amide bonds. The summed E-state index contributed by atoms with van der Waals surface area (Å²) in [4.78, 5) is 18.0. The molecule has 2 heterocycles. The normalized spacial score (nSPS) is 12.2. The number of carbonyl (C=O) groups excluding carboxylic acids is 1. The fraction of sp³-hybridized carbons (Fsp3) is 0.226. The number of furan rings is 1. The van der Waals surface area contributed by atoms with E-state index in [1.165, 1.54) is 19.2 Å². The average molecular weight is 533 g/mol. The van der Waals surface area contributed by atoms with Crippen LogP contribution in [0.4, 0.5) is 13.2 Å². The van der Waals surface area contributed by atoms with Gasteiger partial charge in [-0.25, -0.2) is 4.98 Å². The molecule has 0 fully saturated rings. The number of alkyl halides is 3. The van der Waals surface area contributed by atoms with Crippen LogP contribution in [0.1, 0.15) is 48.1 Å². The lowest BCUT2D eigenvalue weighted by atomic mass is 9.95. The number of benzene rings is 3. The van der Waals surface area contributed by atoms with Gasteiger partial charge in [0.15, 0.2) is 0 Å². The number of ether oxygens (including phenoxy) is 1. The number of aromatic nitrogens is 1. The van der Waals surface area contributed by atoms with Gasteiger partial charge < -0.3 is 14.5 Å². The van der Waals surface area contributed by atoms with Crippen molar-refractivity contribution in [2.45, 2.75) is 38.9 Å². The highest BCUT2D eigenvalue weighted by Crippen LogP contribution is 2.42. The van der Waals surface area contributed by atoms with E-state index in [1.807, 2.05) is 57.2 Å². The summed E-state index contributed by atoms with van der Waals surface area (Å²) in [5.74, 6) is 0.700. The first-order chi connectivity index (χ1) is 18.4. The summed E-state index contributed by atoms with van der Waals surface area (Å²) in [5, 5.41) is 4.79. The number of hydrogen-bond donors (Lipinski definition) is 1. The topological polar surface area (TPSA) is 64.4 Å². The van der Waals surface area contributed by atoms with Gasteiger partial charge in [0.05, 0.1) is 18.1 Å². The molecule has 5 nitrogen and oxygen atoms in total. The van der Waals surface area contributed by atoms with Crippen molar-refractivity contribution in [1.82, 2.24) is 10.3 Å². The zero-order chi connectivity index (χ0) is 27.9. The number of halogens is 3. The van der Waals surface area contributed by atoms with Crippen molar-refractivity contribution in [3.63, 3.8) is 0 Å². The molecule has 0 aliphatic rings. The number of carbonyl (C=O) groups is 1. The lowest BCUT2D eigenvalue weighted by Gasteiger charge is -2.20. The molecular weight excluding hydrogens is 505 g/mol. The van der Waals surface area contributed by atoms with Crippen LogP contribution in [0.2, 0.25) is 0 Å². The van der Waals surface area contributed by atoms with Gasteiger partial charge in [0.1, 0.15) is 17.2 Å². The molecule has 0 aliphatic carbocycles. The average Bonchev–Trinajstić information content (AvgIpc) is 3.24. The van der Waals surface area contributed by atoms with Crippen molar-refractivity contribution in [3.8, 4) is 16.9 Å². The lowest BCUT2D eigenvalue weighted by molar-refractivity contribution is -0.137. The Morgan fingerprint density at radius 3 is 2.26 bits per heavy atom. The maximum absolute atomic E-state index is 13.3. The minimum atomic E-state index is -4.45. The minimum Gasteiger partial charge on any atom is -0.497 e. The van der Waals surface area contributed by atoms with E-state index in [4.69, 9.17) is 9.15 Å². The predicted octanol–water partition coefficient (Wildman–Crippen LogP) is 7.79. The molecule has 0 spiro atoms. The van der Waals surface area contributed by atoms with Crippen molar-refractivity contribution in [3.05, 3.63) is 95.4 Å². The quantitative estimate of drug-likeness (QED) is 0.251. The summed E-state index contributed by atoms with van der Waals surface area (Å²) < 4.78 is 51.7. The highest BCUT2D eigenvalue weighted by Gasteiger charge is 2.31. The maximum atomic E-state index is 13.3. The summed E-state index contributed by atoms with van der Waals surface area (Å²) in [5.41, 5.74) is 1.30. The standard InChI is InChI=1S/C31H27F3N2O3/c1-30(2,3)36-28(37)27-23-17-21(38-4)14-15-22(23)26-25(19-10-12-20(13-11-19)31(32,33)34)24(39-29(26)35-27)16-18-8-6-5-7-9-18/h5-15,17H,16H2,1-4H3,(H,36,37). The van der Waals surface area contributed by atoms with E-state index in [2.05, 4.69) is 10.3 Å². The summed E-state index contributed by atoms with van der Waals surface area (Å²) in [7, 11) is 1.53. The zero-order valence-corrected chi connectivity index (χ0v) is 21.9. The van der Waals surface area contributed by atoms with E-state index >= 15 is 0 Å². The predicted molar refractivity (Wildman–Crippen MR) is 145 cm³/mol. The van der Waals surface area contributed by atoms with Crippen molar-refractivity contribution in [2.75, 3.05) is 7.11 Å². The zero-order valence-electron chi connectivity index (χ0n) is 21.9. The molecule has 8 heteroatoms. The molecule has 0 unspecified atom stereocenters. The number of rotatable bonds is 5. The summed E-state index contributed by atoms with van der Waals surface area (Å²) in [6.07, 6.45) is -4.07. The van der Waals surface area contributed by atoms with E-state index < -0.39 is 17.3 Å². The number of fused-ring (bicyclic) bond motifs is 3. The molecule has 1 N–H and O–H groups in total. The Labute approximate surface area is 223 Å². The van der Waals surface area contributed by atoms with Gasteiger partial charge in [-0.3, -0.25) is 4.79 Å². The molecule has 5 rings (SSSR count). The number of nitrogens with one attached hydrogen (secondary N) is 1. The molecule has 3 aromatic carbocycles. The second kappa shape index (κ2) is 9.76. The molecule has 200 valence electrons. The highest BCUT2D eigenvalue weighted by atomic mass is 19.4. The molecule has 0 atom stereocenters. The van der Waals surface area contributed by atoms with Gasteiger partial charge in [0.2, 0.25) is 5.71 Å². The number of methoxy groups -OCH3 is 1. The van der Waals surface area contributed by atoms with Gasteiger partial charge in [-0.15, -0.1) is 0 Å². The maximum Gasteiger partial charge on any atom is 0.416 e. The Balaban J connectivity index is 1.81. The van der Waals surface area contributed by atoms with Crippen LogP contribution in [-0.4, -0.2) is 23.5 Å². The highest BCUT2D eigenvalue weighted by molar-refractivity contribution is 6.18. The molecule has 0 aliphatic heterocycles. The fourth-order valence-electron chi connectivity index (χ4n) is 4.63. The van der Waals surface area contributed by atoms with Crippen molar-refractivity contribution in [1.29, 1.82) is 0 Å². The van der Waals surface area contributed by atoms with Gasteiger partial charge in [-0.1, -0.05) is 42.5 Å². The van der Waals surface area contributed by atoms with Crippen LogP contribution in [0.3, 0.4) is 0 Å². The molecule has 5 aromatic rings. The van der Waals surface area contributed by atoms with Crippen molar-refractivity contribution in [2.24, 2.45) is 0 Å². The third-order valence-corrected chi connectivity index (χ3v) is 6.34. The third-order valence-electron chi connectivity index (χ3n) is 6.34. The van der Waals surface area contributed by atoms with E-state index in [0.717, 1.165) is 17.7 Å². The number of hydrogen-bond acceptors (Lipinski definition) is 4. The van der Waals surface area contributed by atoms with E-state index in [1.54, 1.807) is 12.1 Å². The van der Waals surface area contributed by atoms with Crippen LogP contribution in [-0.2, 0) is 12.6 Å². The van der Waals surface area contributed by atoms with Gasteiger partial charge in [-0.2, -0.15) is 13.2 Å². The molecule has 0 saturated heterocycles. The van der Waals surface area contributed by atoms with Crippen LogP contribution in [0, 0.1) is 0 Å². The van der Waals surface area contributed by atoms with E-state index in [0.29, 0.717) is 45.2 Å². The van der Waals surface area contributed by atoms with Gasteiger partial charge in [0, 0.05) is 22.9 Å². The number of nitrogens with zero attached hydrogens (tertiary/aromatic N) is 1. The Hall–Kier alpha value is -4.33. The fourth-order valence-corrected chi connectivity index (χ4v) is 4.63. The number of pyridine rings is 1. The monoisotopic (exact) mass is 532 g/mol. The lowest BCUT2D eigenvalue weighted by Crippen LogP contribution is -2.41. The molecule has 0 bridgehead atoms. The summed E-state index contributed by atoms with van der Waals surface area (Å²) >= 11 is 0. The minimum absolute atomic E-state index is 0.172. The van der Waals surface area contributed by atoms with E-state index in [9.17, 15) is 18.0 Å². The molecular formula is C31H27F3N2O3. The third kappa shape index (κ3) is 5.32. The van der Waals surface area contributed by atoms with Crippen LogP contribution < -0.4 is 10.1 Å². The summed E-state index contributed by atoms with van der Waals surface area (Å²) in [6.45, 7) is 5.62. The first kappa shape index (κ1) is 26.3. The second-order valence-electron chi connectivity index (χ2n) is 10.4. The van der Waals surface area contributed by atoms with Crippen molar-refractivity contribution >= 4 is 27.8 Å². The van der Waals surface area contributed by atoms with Gasteiger partial charge in [0.25, 0.3) is 5.91 Å². The Kier molecular flexibility index (Phi) is 6.58. The van der Waals surface area contributed by atoms with Crippen LogP contribution in [0.25, 0.3) is 33.0 Å². The first-order valence-corrected chi connectivity index (χ1v) is 12.4. The summed E-state index contributed by atoms with van der Waals surface area (Å²) in [6, 6.07) is 19.9. The Morgan fingerprint density at radius 2 is 1.64 bits per heavy atom. The number of amides is 1. The van der Waals surface area contributed by atoms with Crippen LogP contribution in [0.15, 0.2) is 77.2 Å². The Bertz CT molecular complexity index is 1670. The molecule has 39 heavy (non-hydrogen) atoms. The van der Waals surface area contributed by atoms with Gasteiger partial charge >= 0.3 is 6.18 Å². The van der Waals surface area contributed by atoms with Crippen molar-refractivity contribution < 1.29 is 27.1 Å². The largest absolute Gasteiger partial charge is 0.497 e. The van der Waals surface area contributed by atoms with Crippen LogP contribution in [0.5, 0.6) is 5.75 Å². The van der Waals surface area contributed by atoms with Crippen LogP contribution >= 0.6 is 0 Å².